The van der Waals surface area contributed by atoms with E-state index in [1.54, 1.807) is 14.2 Å². The van der Waals surface area contributed by atoms with E-state index in [4.69, 9.17) is 18.9 Å². The molecule has 0 bridgehead atoms. The number of hydrogen-bond acceptors (Lipinski definition) is 6. The van der Waals surface area contributed by atoms with Gasteiger partial charge in [0.15, 0.2) is 13.6 Å². The monoisotopic (exact) mass is 434 g/mol. The van der Waals surface area contributed by atoms with E-state index in [9.17, 15) is 10.2 Å². The summed E-state index contributed by atoms with van der Waals surface area (Å²) in [6.45, 7) is -0.375. The van der Waals surface area contributed by atoms with Gasteiger partial charge in [-0.15, -0.1) is 0 Å². The van der Waals surface area contributed by atoms with E-state index in [1.165, 1.54) is 0 Å². The molecule has 0 atom stereocenters. The molecule has 166 valence electrons. The summed E-state index contributed by atoms with van der Waals surface area (Å²) in [5.41, 5.74) is 2.79. The Bertz CT molecular complexity index is 1140. The lowest BCUT2D eigenvalue weighted by Crippen LogP contribution is -2.07. The van der Waals surface area contributed by atoms with E-state index >= 15 is 0 Å². The van der Waals surface area contributed by atoms with Gasteiger partial charge in [-0.25, -0.2) is 0 Å². The third-order valence-electron chi connectivity index (χ3n) is 5.39. The molecule has 0 saturated heterocycles. The maximum Gasteiger partial charge on any atom is 0.188 e. The molecule has 0 spiro atoms. The fourth-order valence-electron chi connectivity index (χ4n) is 4.07. The Kier molecular flexibility index (Phi) is 6.87. The normalized spacial score (nSPS) is 11.2. The summed E-state index contributed by atoms with van der Waals surface area (Å²) in [7, 11) is 3.10. The van der Waals surface area contributed by atoms with Crippen LogP contribution in [0.2, 0.25) is 0 Å². The molecule has 32 heavy (non-hydrogen) atoms. The minimum absolute atomic E-state index is 0.0181. The van der Waals surface area contributed by atoms with Crippen molar-refractivity contribution in [2.75, 3.05) is 27.8 Å². The van der Waals surface area contributed by atoms with Gasteiger partial charge in [-0.2, -0.15) is 0 Å². The van der Waals surface area contributed by atoms with Crippen molar-refractivity contribution in [2.24, 2.45) is 0 Å². The van der Waals surface area contributed by atoms with Crippen molar-refractivity contribution in [3.63, 3.8) is 0 Å². The average molecular weight is 434 g/mol. The predicted octanol–water partition coefficient (Wildman–Crippen LogP) is 4.61. The Morgan fingerprint density at radius 3 is 1.41 bits per heavy atom. The van der Waals surface area contributed by atoms with Gasteiger partial charge < -0.3 is 29.2 Å². The number of fused-ring (bicyclic) bond motifs is 2. The van der Waals surface area contributed by atoms with Crippen LogP contribution in [0.1, 0.15) is 11.1 Å². The summed E-state index contributed by atoms with van der Waals surface area (Å²) in [4.78, 5) is 0. The van der Waals surface area contributed by atoms with Crippen LogP contribution in [-0.4, -0.2) is 38.0 Å². The van der Waals surface area contributed by atoms with Crippen molar-refractivity contribution in [3.05, 3.63) is 71.8 Å². The highest BCUT2D eigenvalue weighted by atomic mass is 16.7. The highest BCUT2D eigenvalue weighted by Gasteiger charge is 2.24. The molecule has 0 aliphatic heterocycles. The van der Waals surface area contributed by atoms with Gasteiger partial charge in [-0.3, -0.25) is 0 Å². The van der Waals surface area contributed by atoms with Crippen LogP contribution in [0, 0.1) is 0 Å². The van der Waals surface area contributed by atoms with Crippen LogP contribution in [0.4, 0.5) is 0 Å². The van der Waals surface area contributed by atoms with Gasteiger partial charge in [-0.05, 0) is 33.7 Å². The molecule has 0 aromatic heterocycles. The molecule has 4 rings (SSSR count). The summed E-state index contributed by atoms with van der Waals surface area (Å²) in [5.74, 6) is 1.02. The Labute approximate surface area is 186 Å². The molecule has 0 saturated carbocycles. The zero-order valence-corrected chi connectivity index (χ0v) is 18.1. The number of benzene rings is 4. The average Bonchev–Trinajstić information content (AvgIpc) is 2.84. The number of aliphatic hydroxyl groups excluding tert-OH is 2. The molecule has 0 radical (unpaired) electrons. The topological polar surface area (TPSA) is 77.4 Å². The highest BCUT2D eigenvalue weighted by molar-refractivity contribution is 6.10. The van der Waals surface area contributed by atoms with E-state index in [2.05, 4.69) is 0 Å². The predicted molar refractivity (Wildman–Crippen MR) is 124 cm³/mol. The first kappa shape index (κ1) is 22.0. The molecule has 4 aromatic rings. The van der Waals surface area contributed by atoms with Crippen molar-refractivity contribution in [3.8, 4) is 22.6 Å². The molecule has 2 N–H and O–H groups in total. The first-order chi connectivity index (χ1) is 15.7. The van der Waals surface area contributed by atoms with Crippen LogP contribution in [0.5, 0.6) is 11.5 Å². The molecule has 0 amide bonds. The first-order valence-electron chi connectivity index (χ1n) is 10.3. The minimum atomic E-state index is -0.206. The second kappa shape index (κ2) is 9.97. The van der Waals surface area contributed by atoms with Gasteiger partial charge in [0.25, 0.3) is 0 Å². The van der Waals surface area contributed by atoms with Crippen LogP contribution in [0.25, 0.3) is 32.7 Å². The van der Waals surface area contributed by atoms with Crippen molar-refractivity contribution >= 4 is 21.5 Å². The second-order valence-corrected chi connectivity index (χ2v) is 7.34. The van der Waals surface area contributed by atoms with E-state index in [-0.39, 0.29) is 26.8 Å². The molecule has 6 heteroatoms. The van der Waals surface area contributed by atoms with Gasteiger partial charge in [-0.1, -0.05) is 48.5 Å². The second-order valence-electron chi connectivity index (χ2n) is 7.34. The largest absolute Gasteiger partial charge is 0.467 e. The molecular formula is C26H26O6. The molecule has 0 fully saturated rings. The Hall–Kier alpha value is -3.16. The summed E-state index contributed by atoms with van der Waals surface area (Å²) in [6, 6.07) is 19.6. The summed E-state index contributed by atoms with van der Waals surface area (Å²) >= 11 is 0. The maximum absolute atomic E-state index is 10.2. The number of ether oxygens (including phenoxy) is 4. The standard InChI is InChI=1S/C26H26O6/c1-29-15-31-25-19(13-27)11-17-7-3-5-9-21(17)23(25)24-22-10-6-4-8-18(22)12-20(14-28)26(24)32-16-30-2/h3-12,27-28H,13-16H2,1-2H3. The van der Waals surface area contributed by atoms with E-state index in [1.807, 2.05) is 60.7 Å². The van der Waals surface area contributed by atoms with E-state index < -0.39 is 0 Å². The number of methoxy groups -OCH3 is 2. The van der Waals surface area contributed by atoms with E-state index in [0.717, 1.165) is 32.7 Å². The van der Waals surface area contributed by atoms with Gasteiger partial charge in [0.2, 0.25) is 0 Å². The molecule has 0 unspecified atom stereocenters. The van der Waals surface area contributed by atoms with Crippen LogP contribution in [-0.2, 0) is 22.7 Å². The number of hydrogen-bond donors (Lipinski definition) is 2. The van der Waals surface area contributed by atoms with Crippen LogP contribution < -0.4 is 9.47 Å². The van der Waals surface area contributed by atoms with Gasteiger partial charge in [0.1, 0.15) is 11.5 Å². The van der Waals surface area contributed by atoms with Gasteiger partial charge in [0.05, 0.1) is 13.2 Å². The van der Waals surface area contributed by atoms with Crippen LogP contribution in [0.15, 0.2) is 60.7 Å². The van der Waals surface area contributed by atoms with Crippen molar-refractivity contribution in [1.82, 2.24) is 0 Å². The lowest BCUT2D eigenvalue weighted by molar-refractivity contribution is 0.0485. The van der Waals surface area contributed by atoms with Gasteiger partial charge >= 0.3 is 0 Å². The fraction of sp³-hybridized carbons (Fsp3) is 0.231. The van der Waals surface area contributed by atoms with Crippen molar-refractivity contribution in [1.29, 1.82) is 0 Å². The maximum atomic E-state index is 10.2. The Morgan fingerprint density at radius 1 is 0.625 bits per heavy atom. The molecule has 0 aliphatic rings. The Morgan fingerprint density at radius 2 is 1.03 bits per heavy atom. The third kappa shape index (κ3) is 4.01. The Balaban J connectivity index is 2.19. The lowest BCUT2D eigenvalue weighted by Gasteiger charge is -2.23. The van der Waals surface area contributed by atoms with Gasteiger partial charge in [0, 0.05) is 36.5 Å². The smallest absolute Gasteiger partial charge is 0.188 e. The summed E-state index contributed by atoms with van der Waals surface area (Å²) in [6.07, 6.45) is 0. The van der Waals surface area contributed by atoms with E-state index in [0.29, 0.717) is 22.6 Å². The fourth-order valence-corrected chi connectivity index (χ4v) is 4.07. The summed E-state index contributed by atoms with van der Waals surface area (Å²) in [5, 5.41) is 24.1. The molecule has 0 heterocycles. The van der Waals surface area contributed by atoms with Crippen LogP contribution >= 0.6 is 0 Å². The zero-order valence-electron chi connectivity index (χ0n) is 18.1. The van der Waals surface area contributed by atoms with Crippen molar-refractivity contribution < 1.29 is 29.2 Å². The quantitative estimate of drug-likeness (QED) is 0.375. The minimum Gasteiger partial charge on any atom is -0.467 e. The third-order valence-corrected chi connectivity index (χ3v) is 5.39. The molecular weight excluding hydrogens is 408 g/mol. The van der Waals surface area contributed by atoms with Crippen molar-refractivity contribution in [2.45, 2.75) is 13.2 Å². The summed E-state index contributed by atoms with van der Waals surface area (Å²) < 4.78 is 22.4. The highest BCUT2D eigenvalue weighted by Crippen LogP contribution is 2.48. The first-order valence-corrected chi connectivity index (χ1v) is 10.3. The number of rotatable bonds is 9. The molecule has 4 aromatic carbocycles. The zero-order chi connectivity index (χ0) is 22.5. The lowest BCUT2D eigenvalue weighted by atomic mass is 9.89. The SMILES string of the molecule is COCOc1c(CO)cc2ccccc2c1-c1c(OCOC)c(CO)cc2ccccc12. The molecule has 6 nitrogen and oxygen atoms in total. The molecule has 0 aliphatic carbocycles. The van der Waals surface area contributed by atoms with Crippen LogP contribution in [0.3, 0.4) is 0 Å². The number of aliphatic hydroxyl groups is 2.